The van der Waals surface area contributed by atoms with Gasteiger partial charge in [-0.05, 0) is 66.6 Å². The van der Waals surface area contributed by atoms with Crippen LogP contribution < -0.4 is 10.2 Å². The second-order valence-electron chi connectivity index (χ2n) is 13.7. The molecule has 3 N–H and O–H groups in total. The molecule has 0 bridgehead atoms. The minimum absolute atomic E-state index is 0.0452. The van der Waals surface area contributed by atoms with Gasteiger partial charge in [-0.2, -0.15) is 18.2 Å². The molecule has 0 spiro atoms. The molecule has 0 radical (unpaired) electrons. The number of alkyl halides is 3. The molecule has 3 aromatic rings. The highest BCUT2D eigenvalue weighted by atomic mass is 35.5. The Kier molecular flexibility index (Phi) is 9.37. The van der Waals surface area contributed by atoms with Crippen LogP contribution in [-0.4, -0.2) is 68.4 Å². The molecule has 0 unspecified atom stereocenters. The number of phenols is 1. The van der Waals surface area contributed by atoms with Gasteiger partial charge < -0.3 is 14.9 Å². The number of ether oxygens (including phenoxy) is 1. The lowest BCUT2D eigenvalue weighted by Gasteiger charge is -2.50. The van der Waals surface area contributed by atoms with Gasteiger partial charge in [-0.1, -0.05) is 53.1 Å². The average Bonchev–Trinajstić information content (AvgIpc) is 3.49. The zero-order valence-electron chi connectivity index (χ0n) is 28.3. The Morgan fingerprint density at radius 2 is 1.76 bits per heavy atom. The summed E-state index contributed by atoms with van der Waals surface area (Å²) in [5.41, 5.74) is 0.997. The van der Waals surface area contributed by atoms with Crippen LogP contribution in [0.4, 0.5) is 19.0 Å². The van der Waals surface area contributed by atoms with Crippen LogP contribution in [0.2, 0.25) is 10.0 Å². The number of carboxylic acid groups (broad SMARTS) is 1. The summed E-state index contributed by atoms with van der Waals surface area (Å²) in [6.45, 7) is -0.105. The number of carboxylic acids is 1. The summed E-state index contributed by atoms with van der Waals surface area (Å²) in [4.78, 5) is 73.8. The summed E-state index contributed by atoms with van der Waals surface area (Å²) in [6, 6.07) is 11.3. The molecule has 6 atom stereocenters. The Balaban J connectivity index is 1.40. The quantitative estimate of drug-likeness (QED) is 0.174. The van der Waals surface area contributed by atoms with E-state index in [1.54, 1.807) is 36.4 Å². The standard InChI is InChI=1S/C37H31Cl2F3N4O8/c1-54-27-13-17(4-11-26(27)47)30-21-9-10-22-29(34(52)45(32(22)50)12-2-3-28(48)49)23(21)15-24-33(51)46(35(53)36(24,30)18-5-7-20(38)8-6-18)44-31-25(39)14-19(16-43-31)37(40,41)42/h4-9,11,13-14,16,22-24,29-30,47H,2-3,10,12,15H2,1H3,(H,43,44)(H,48,49)/t22-,23+,24-,29-,30-,36+/m0/s1. The van der Waals surface area contributed by atoms with Crippen LogP contribution in [0.25, 0.3) is 0 Å². The predicted molar refractivity (Wildman–Crippen MR) is 185 cm³/mol. The number of nitrogens with one attached hydrogen (secondary N) is 1. The fourth-order valence-electron chi connectivity index (χ4n) is 8.71. The number of aromatic hydroxyl groups is 1. The Morgan fingerprint density at radius 3 is 2.41 bits per heavy atom. The molecular formula is C37H31Cl2F3N4O8. The van der Waals surface area contributed by atoms with E-state index in [1.165, 1.54) is 19.2 Å². The molecule has 2 aliphatic carbocycles. The number of imide groups is 2. The summed E-state index contributed by atoms with van der Waals surface area (Å²) >= 11 is 12.5. The van der Waals surface area contributed by atoms with E-state index < -0.39 is 87.2 Å². The highest BCUT2D eigenvalue weighted by Crippen LogP contribution is 2.64. The first-order valence-corrected chi connectivity index (χ1v) is 17.6. The Morgan fingerprint density at radius 1 is 1.04 bits per heavy atom. The number of phenolic OH excluding ortho intramolecular Hbond substituents is 1. The number of likely N-dealkylation sites (tertiary alicyclic amines) is 1. The number of nitrogens with zero attached hydrogens (tertiary/aromatic N) is 3. The first-order valence-electron chi connectivity index (χ1n) is 16.9. The molecule has 54 heavy (non-hydrogen) atoms. The molecule has 1 aromatic heterocycles. The van der Waals surface area contributed by atoms with E-state index in [9.17, 15) is 37.5 Å². The van der Waals surface area contributed by atoms with E-state index in [1.807, 2.05) is 0 Å². The molecule has 17 heteroatoms. The van der Waals surface area contributed by atoms with Crippen molar-refractivity contribution in [1.82, 2.24) is 14.9 Å². The number of fused-ring (bicyclic) bond motifs is 4. The normalized spacial score (nSPS) is 26.3. The van der Waals surface area contributed by atoms with Crippen molar-refractivity contribution >= 4 is 58.6 Å². The largest absolute Gasteiger partial charge is 0.504 e. The lowest BCUT2D eigenvalue weighted by molar-refractivity contribution is -0.142. The molecule has 7 rings (SSSR count). The number of rotatable bonds is 9. The van der Waals surface area contributed by atoms with Crippen molar-refractivity contribution in [2.75, 3.05) is 19.1 Å². The first kappa shape index (κ1) is 37.2. The average molecular weight is 788 g/mol. The number of allylic oxidation sites excluding steroid dienone is 2. The van der Waals surface area contributed by atoms with Gasteiger partial charge in [0.1, 0.15) is 0 Å². The second kappa shape index (κ2) is 13.6. The molecule has 2 aromatic carbocycles. The highest BCUT2D eigenvalue weighted by Gasteiger charge is 2.70. The first-order chi connectivity index (χ1) is 25.6. The maximum Gasteiger partial charge on any atom is 0.417 e. The van der Waals surface area contributed by atoms with Crippen molar-refractivity contribution in [3.8, 4) is 11.5 Å². The highest BCUT2D eigenvalue weighted by molar-refractivity contribution is 6.33. The third-order valence-electron chi connectivity index (χ3n) is 11.0. The maximum absolute atomic E-state index is 15.2. The molecule has 3 heterocycles. The van der Waals surface area contributed by atoms with E-state index in [-0.39, 0.29) is 43.7 Å². The van der Waals surface area contributed by atoms with Gasteiger partial charge in [-0.25, -0.2) is 4.98 Å². The summed E-state index contributed by atoms with van der Waals surface area (Å²) in [5, 5.41) is 20.2. The van der Waals surface area contributed by atoms with Crippen molar-refractivity contribution in [1.29, 1.82) is 0 Å². The third kappa shape index (κ3) is 5.84. The summed E-state index contributed by atoms with van der Waals surface area (Å²) in [7, 11) is 1.34. The van der Waals surface area contributed by atoms with Crippen molar-refractivity contribution < 1.29 is 52.1 Å². The van der Waals surface area contributed by atoms with Crippen LogP contribution in [0.1, 0.15) is 48.3 Å². The zero-order valence-corrected chi connectivity index (χ0v) is 29.8. The Labute approximate surface area is 315 Å². The van der Waals surface area contributed by atoms with Crippen molar-refractivity contribution in [3.63, 3.8) is 0 Å². The molecule has 2 saturated heterocycles. The van der Waals surface area contributed by atoms with Gasteiger partial charge in [0.25, 0.3) is 11.8 Å². The van der Waals surface area contributed by atoms with E-state index in [4.69, 9.17) is 33.0 Å². The molecule has 12 nitrogen and oxygen atoms in total. The van der Waals surface area contributed by atoms with Crippen LogP contribution in [0.5, 0.6) is 11.5 Å². The number of carbonyl (C=O) groups excluding carboxylic acids is 4. The van der Waals surface area contributed by atoms with E-state index in [0.717, 1.165) is 4.90 Å². The number of hydrogen-bond acceptors (Lipinski definition) is 9. The minimum atomic E-state index is -4.77. The van der Waals surface area contributed by atoms with Gasteiger partial charge in [-0.15, -0.1) is 0 Å². The summed E-state index contributed by atoms with van der Waals surface area (Å²) in [6.07, 6.45) is -2.65. The van der Waals surface area contributed by atoms with E-state index in [0.29, 0.717) is 39.0 Å². The van der Waals surface area contributed by atoms with Crippen LogP contribution in [0.15, 0.2) is 66.4 Å². The van der Waals surface area contributed by atoms with Crippen molar-refractivity contribution in [2.45, 2.75) is 43.2 Å². The summed E-state index contributed by atoms with van der Waals surface area (Å²) < 4.78 is 45.7. The SMILES string of the molecule is COc1cc([C@H]2C3=CC[C@@H]4C(=O)N(CCCC(=O)O)C(=O)[C@@H]4[C@@H]3C[C@H]3C(=O)N(Nc4ncc(C(F)(F)F)cc4Cl)C(=O)[C@@]23c2ccc(Cl)cc2)ccc1O. The number of amides is 4. The number of aromatic nitrogens is 1. The molecule has 4 aliphatic rings. The fraction of sp³-hybridized carbons (Fsp3) is 0.351. The lowest BCUT2D eigenvalue weighted by atomic mass is 9.49. The molecule has 282 valence electrons. The van der Waals surface area contributed by atoms with Gasteiger partial charge in [0.2, 0.25) is 11.8 Å². The molecule has 3 fully saturated rings. The minimum Gasteiger partial charge on any atom is -0.504 e. The number of aliphatic carboxylic acids is 1. The van der Waals surface area contributed by atoms with Crippen molar-refractivity contribution in [2.24, 2.45) is 23.7 Å². The predicted octanol–water partition coefficient (Wildman–Crippen LogP) is 5.97. The number of hydrazine groups is 1. The van der Waals surface area contributed by atoms with Crippen LogP contribution >= 0.6 is 23.2 Å². The lowest BCUT2D eigenvalue weighted by Crippen LogP contribution is -2.53. The zero-order chi connectivity index (χ0) is 38.9. The number of benzene rings is 2. The van der Waals surface area contributed by atoms with Crippen molar-refractivity contribution in [3.05, 3.63) is 93.1 Å². The van der Waals surface area contributed by atoms with Gasteiger partial charge in [-0.3, -0.25) is 34.3 Å². The number of pyridine rings is 1. The number of carbonyl (C=O) groups is 5. The molecule has 4 amide bonds. The third-order valence-corrected chi connectivity index (χ3v) is 11.5. The molecule has 2 aliphatic heterocycles. The van der Waals surface area contributed by atoms with E-state index in [2.05, 4.69) is 10.4 Å². The topological polar surface area (TPSA) is 166 Å². The number of halogens is 5. The van der Waals surface area contributed by atoms with Gasteiger partial charge in [0.15, 0.2) is 17.3 Å². The molecular weight excluding hydrogens is 756 g/mol. The van der Waals surface area contributed by atoms with Crippen LogP contribution in [-0.2, 0) is 35.6 Å². The number of hydrogen-bond donors (Lipinski definition) is 3. The van der Waals surface area contributed by atoms with Crippen LogP contribution in [0, 0.1) is 23.7 Å². The van der Waals surface area contributed by atoms with Gasteiger partial charge >= 0.3 is 12.1 Å². The number of anilines is 1. The number of methoxy groups -OCH3 is 1. The molecule has 1 saturated carbocycles. The monoisotopic (exact) mass is 786 g/mol. The Bertz CT molecular complexity index is 2130. The maximum atomic E-state index is 15.2. The Hall–Kier alpha value is -5.15. The second-order valence-corrected chi connectivity index (χ2v) is 14.5. The van der Waals surface area contributed by atoms with Gasteiger partial charge in [0, 0.05) is 30.1 Å². The smallest absolute Gasteiger partial charge is 0.417 e. The van der Waals surface area contributed by atoms with Gasteiger partial charge in [0.05, 0.1) is 40.9 Å². The van der Waals surface area contributed by atoms with E-state index >= 15 is 4.79 Å². The van der Waals surface area contributed by atoms with Crippen LogP contribution in [0.3, 0.4) is 0 Å². The fourth-order valence-corrected chi connectivity index (χ4v) is 9.04. The summed E-state index contributed by atoms with van der Waals surface area (Å²) in [5.74, 6) is -8.97.